The number of rotatable bonds is 5. The molecule has 0 unspecified atom stereocenters. The fraction of sp³-hybridized carbons (Fsp3) is 0.176. The summed E-state index contributed by atoms with van der Waals surface area (Å²) >= 11 is 2.09. The molecule has 0 fully saturated rings. The number of pyridine rings is 1. The van der Waals surface area contributed by atoms with Crippen molar-refractivity contribution in [2.75, 3.05) is 11.0 Å². The third-order valence-electron chi connectivity index (χ3n) is 3.75. The third-order valence-corrected chi connectivity index (χ3v) is 5.13. The summed E-state index contributed by atoms with van der Waals surface area (Å²) in [5, 5.41) is 0.457. The number of alkyl halides is 1. The molecule has 0 aliphatic carbocycles. The number of furan rings is 1. The molecule has 2 heterocycles. The molecule has 3 rings (SSSR count). The van der Waals surface area contributed by atoms with E-state index in [2.05, 4.69) is 32.3 Å². The van der Waals surface area contributed by atoms with Crippen molar-refractivity contribution in [1.82, 2.24) is 4.98 Å². The largest absolute Gasteiger partial charge is 0.437 e. The number of aromatic nitrogens is 1. The quantitative estimate of drug-likeness (QED) is 0.426. The number of nitrogens with one attached hydrogen (secondary N) is 1. The van der Waals surface area contributed by atoms with Crippen LogP contribution in [-0.4, -0.2) is 25.6 Å². The fourth-order valence-electron chi connectivity index (χ4n) is 2.58. The molecular formula is C17H16IN3O4S. The van der Waals surface area contributed by atoms with Crippen molar-refractivity contribution < 1.29 is 17.6 Å². The molecule has 0 spiro atoms. The highest BCUT2D eigenvalue weighted by Crippen LogP contribution is 2.35. The summed E-state index contributed by atoms with van der Waals surface area (Å²) in [5.74, 6) is -0.144. The van der Waals surface area contributed by atoms with Crippen molar-refractivity contribution in [2.24, 2.45) is 5.73 Å². The van der Waals surface area contributed by atoms with Crippen LogP contribution in [0, 0.1) is 6.92 Å². The molecule has 2 aromatic heterocycles. The van der Waals surface area contributed by atoms with Gasteiger partial charge in [-0.05, 0) is 13.0 Å². The number of sulfonamides is 1. The van der Waals surface area contributed by atoms with Gasteiger partial charge in [-0.2, -0.15) is 4.98 Å². The number of amides is 1. The van der Waals surface area contributed by atoms with Crippen LogP contribution in [0.5, 0.6) is 0 Å². The number of carbonyl (C=O) groups excluding carboxylic acids is 1. The van der Waals surface area contributed by atoms with Crippen molar-refractivity contribution in [3.8, 4) is 11.3 Å². The van der Waals surface area contributed by atoms with Crippen molar-refractivity contribution in [3.63, 3.8) is 0 Å². The highest BCUT2D eigenvalue weighted by molar-refractivity contribution is 14.1. The number of fused-ring (bicyclic) bond motifs is 1. The second-order valence-corrected chi connectivity index (χ2v) is 8.40. The Balaban J connectivity index is 2.29. The maximum atomic E-state index is 12.1. The van der Waals surface area contributed by atoms with Crippen LogP contribution in [0.4, 0.5) is 5.82 Å². The number of benzene rings is 1. The Morgan fingerprint density at radius 2 is 1.96 bits per heavy atom. The van der Waals surface area contributed by atoms with Gasteiger partial charge in [-0.15, -0.1) is 0 Å². The molecule has 0 atom stereocenters. The molecule has 136 valence electrons. The summed E-state index contributed by atoms with van der Waals surface area (Å²) < 4.78 is 31.8. The van der Waals surface area contributed by atoms with Gasteiger partial charge < -0.3 is 10.2 Å². The molecule has 26 heavy (non-hydrogen) atoms. The van der Waals surface area contributed by atoms with Crippen LogP contribution < -0.4 is 10.5 Å². The molecule has 7 nitrogen and oxygen atoms in total. The molecule has 3 N–H and O–H groups in total. The Hall–Kier alpha value is -2.14. The minimum atomic E-state index is -3.50. The molecule has 0 saturated carbocycles. The summed E-state index contributed by atoms with van der Waals surface area (Å²) in [7, 11) is -3.50. The zero-order valence-electron chi connectivity index (χ0n) is 14.0. The normalized spacial score (nSPS) is 11.7. The van der Waals surface area contributed by atoms with Crippen molar-refractivity contribution in [1.29, 1.82) is 0 Å². The lowest BCUT2D eigenvalue weighted by atomic mass is 10.0. The average Bonchev–Trinajstić information content (AvgIpc) is 2.91. The number of nitrogens with two attached hydrogens (primary N) is 1. The number of hydrogen-bond acceptors (Lipinski definition) is 5. The van der Waals surface area contributed by atoms with E-state index in [0.29, 0.717) is 26.7 Å². The van der Waals surface area contributed by atoms with Gasteiger partial charge in [0.1, 0.15) is 11.6 Å². The number of anilines is 1. The van der Waals surface area contributed by atoms with Gasteiger partial charge in [0.25, 0.3) is 5.91 Å². The zero-order chi connectivity index (χ0) is 19.1. The van der Waals surface area contributed by atoms with Gasteiger partial charge in [0.05, 0.1) is 17.2 Å². The molecule has 1 amide bonds. The topological polar surface area (TPSA) is 115 Å². The lowest BCUT2D eigenvalue weighted by molar-refractivity contribution is 0.100. The summed E-state index contributed by atoms with van der Waals surface area (Å²) in [6.45, 7) is 1.95. The summed E-state index contributed by atoms with van der Waals surface area (Å²) in [6.07, 6.45) is 1.05. The predicted octanol–water partition coefficient (Wildman–Crippen LogP) is 3.21. The lowest BCUT2D eigenvalue weighted by Gasteiger charge is -2.07. The monoisotopic (exact) mass is 485 g/mol. The highest BCUT2D eigenvalue weighted by Gasteiger charge is 2.23. The number of nitrogens with zero attached hydrogens (tertiary/aromatic N) is 1. The Morgan fingerprint density at radius 1 is 1.31 bits per heavy atom. The van der Waals surface area contributed by atoms with Gasteiger partial charge in [0, 0.05) is 15.6 Å². The van der Waals surface area contributed by atoms with Crippen molar-refractivity contribution in [3.05, 3.63) is 47.0 Å². The van der Waals surface area contributed by atoms with Gasteiger partial charge in [0.2, 0.25) is 15.7 Å². The van der Waals surface area contributed by atoms with Gasteiger partial charge in [-0.1, -0.05) is 52.4 Å². The van der Waals surface area contributed by atoms with E-state index in [1.807, 2.05) is 31.2 Å². The third kappa shape index (κ3) is 3.68. The summed E-state index contributed by atoms with van der Waals surface area (Å²) in [4.78, 5) is 16.3. The highest BCUT2D eigenvalue weighted by atomic mass is 127. The zero-order valence-corrected chi connectivity index (χ0v) is 17.0. The number of halogens is 1. The van der Waals surface area contributed by atoms with E-state index in [9.17, 15) is 13.2 Å². The molecule has 0 aliphatic rings. The second-order valence-electron chi connectivity index (χ2n) is 5.89. The maximum Gasteiger partial charge on any atom is 0.253 e. The smallest absolute Gasteiger partial charge is 0.253 e. The van der Waals surface area contributed by atoms with Crippen molar-refractivity contribution >= 4 is 55.4 Å². The van der Waals surface area contributed by atoms with Crippen LogP contribution in [0.25, 0.3) is 22.4 Å². The van der Waals surface area contributed by atoms with E-state index in [1.165, 1.54) is 0 Å². The summed E-state index contributed by atoms with van der Waals surface area (Å²) in [5.41, 5.74) is 8.34. The number of carbonyl (C=O) groups is 1. The first kappa shape index (κ1) is 18.6. The van der Waals surface area contributed by atoms with Crippen LogP contribution in [-0.2, 0) is 14.5 Å². The lowest BCUT2D eigenvalue weighted by Crippen LogP contribution is -2.13. The molecular weight excluding hydrogens is 469 g/mol. The molecule has 9 heteroatoms. The van der Waals surface area contributed by atoms with E-state index in [1.54, 1.807) is 6.07 Å². The minimum absolute atomic E-state index is 0.147. The number of hydrogen-bond donors (Lipinski definition) is 2. The standard InChI is InChI=1S/C17H16IN3O4S/c1-9-3-5-10(6-4-9)14-13(15(19)22)12-7-11(8-18)16(20-17(12)25-14)21-26(2,23)24/h3-7H,8H2,1-2H3,(H2,19,22)(H,20,21). The first-order chi connectivity index (χ1) is 12.2. The van der Waals surface area contributed by atoms with Crippen LogP contribution in [0.3, 0.4) is 0 Å². The van der Waals surface area contributed by atoms with E-state index >= 15 is 0 Å². The number of aryl methyl sites for hydroxylation is 1. The van der Waals surface area contributed by atoms with Gasteiger partial charge in [0.15, 0.2) is 0 Å². The first-order valence-electron chi connectivity index (χ1n) is 7.56. The minimum Gasteiger partial charge on any atom is -0.437 e. The Morgan fingerprint density at radius 3 is 2.50 bits per heavy atom. The number of primary amides is 1. The average molecular weight is 485 g/mol. The molecule has 0 bridgehead atoms. The Bertz CT molecular complexity index is 1110. The molecule has 1 aromatic carbocycles. The Kier molecular flexibility index (Phi) is 4.93. The van der Waals surface area contributed by atoms with Gasteiger partial charge in [-0.3, -0.25) is 9.52 Å². The molecule has 0 saturated heterocycles. The Labute approximate surface area is 164 Å². The van der Waals surface area contributed by atoms with E-state index in [4.69, 9.17) is 10.2 Å². The van der Waals surface area contributed by atoms with E-state index in [-0.39, 0.29) is 17.1 Å². The van der Waals surface area contributed by atoms with E-state index < -0.39 is 15.9 Å². The SMILES string of the molecule is Cc1ccc(-c2oc3nc(NS(C)(=O)=O)c(CI)cc3c2C(N)=O)cc1. The molecule has 0 aliphatic heterocycles. The summed E-state index contributed by atoms with van der Waals surface area (Å²) in [6, 6.07) is 9.13. The maximum absolute atomic E-state index is 12.1. The van der Waals surface area contributed by atoms with Gasteiger partial charge >= 0.3 is 0 Å². The van der Waals surface area contributed by atoms with Crippen molar-refractivity contribution in [2.45, 2.75) is 11.4 Å². The van der Waals surface area contributed by atoms with Crippen LogP contribution in [0.1, 0.15) is 21.5 Å². The fourth-order valence-corrected chi connectivity index (χ4v) is 3.69. The van der Waals surface area contributed by atoms with Crippen LogP contribution in [0.2, 0.25) is 0 Å². The van der Waals surface area contributed by atoms with Crippen LogP contribution >= 0.6 is 22.6 Å². The first-order valence-corrected chi connectivity index (χ1v) is 11.0. The second kappa shape index (κ2) is 6.88. The molecule has 0 radical (unpaired) electrons. The van der Waals surface area contributed by atoms with Gasteiger partial charge in [-0.25, -0.2) is 8.42 Å². The van der Waals surface area contributed by atoms with E-state index in [0.717, 1.165) is 11.8 Å². The molecule has 3 aromatic rings. The predicted molar refractivity (Wildman–Crippen MR) is 109 cm³/mol. The van der Waals surface area contributed by atoms with Crippen LogP contribution in [0.15, 0.2) is 34.7 Å².